The molecular weight excluding hydrogens is 377 g/mol. The number of anilines is 1. The van der Waals surface area contributed by atoms with Crippen molar-refractivity contribution >= 4 is 17.0 Å². The summed E-state index contributed by atoms with van der Waals surface area (Å²) in [6.07, 6.45) is 4.94. The Labute approximate surface area is 177 Å². The number of hydrogen-bond donors (Lipinski definition) is 2. The molecule has 1 atom stereocenters. The molecular formula is C24H30FN5. The molecule has 0 saturated carbocycles. The third kappa shape index (κ3) is 3.82. The lowest BCUT2D eigenvalue weighted by Crippen LogP contribution is -2.48. The first-order valence-electron chi connectivity index (χ1n) is 11.1. The Morgan fingerprint density at radius 3 is 2.60 bits per heavy atom. The van der Waals surface area contributed by atoms with E-state index < -0.39 is 0 Å². The van der Waals surface area contributed by atoms with Gasteiger partial charge >= 0.3 is 0 Å². The lowest BCUT2D eigenvalue weighted by molar-refractivity contribution is 0.130. The summed E-state index contributed by atoms with van der Waals surface area (Å²) in [6, 6.07) is 13.7. The van der Waals surface area contributed by atoms with Gasteiger partial charge < -0.3 is 15.6 Å². The van der Waals surface area contributed by atoms with Crippen molar-refractivity contribution < 1.29 is 4.39 Å². The third-order valence-electron chi connectivity index (χ3n) is 6.85. The zero-order chi connectivity index (χ0) is 20.5. The zero-order valence-electron chi connectivity index (χ0n) is 17.4. The lowest BCUT2D eigenvalue weighted by atomic mass is 9.87. The third-order valence-corrected chi connectivity index (χ3v) is 6.85. The van der Waals surface area contributed by atoms with Gasteiger partial charge in [-0.2, -0.15) is 0 Å². The quantitative estimate of drug-likeness (QED) is 0.692. The monoisotopic (exact) mass is 407 g/mol. The normalized spacial score (nSPS) is 21.3. The van der Waals surface area contributed by atoms with Crippen LogP contribution in [0.3, 0.4) is 0 Å². The highest BCUT2D eigenvalue weighted by molar-refractivity contribution is 5.82. The fraction of sp³-hybridized carbons (Fsp3) is 0.458. The van der Waals surface area contributed by atoms with Crippen molar-refractivity contribution in [3.63, 3.8) is 0 Å². The molecule has 2 aliphatic heterocycles. The molecule has 5 nitrogen and oxygen atoms in total. The molecule has 0 aliphatic carbocycles. The summed E-state index contributed by atoms with van der Waals surface area (Å²) in [6.45, 7) is 5.19. The Hall–Kier alpha value is -2.44. The number of fused-ring (bicyclic) bond motifs is 1. The van der Waals surface area contributed by atoms with Crippen LogP contribution in [0, 0.1) is 5.82 Å². The maximum Gasteiger partial charge on any atom is 0.201 e. The first kappa shape index (κ1) is 19.5. The topological polar surface area (TPSA) is 59.1 Å². The summed E-state index contributed by atoms with van der Waals surface area (Å²) in [5.41, 5.74) is 10.7. The number of nitrogen functional groups attached to an aromatic ring is 1. The number of hydrogen-bond acceptors (Lipinski definition) is 4. The van der Waals surface area contributed by atoms with E-state index in [4.69, 9.17) is 10.7 Å². The molecule has 0 bridgehead atoms. The van der Waals surface area contributed by atoms with Gasteiger partial charge in [-0.1, -0.05) is 24.3 Å². The first-order valence-corrected chi connectivity index (χ1v) is 11.1. The van der Waals surface area contributed by atoms with Crippen molar-refractivity contribution in [2.45, 2.75) is 44.2 Å². The van der Waals surface area contributed by atoms with Crippen LogP contribution >= 0.6 is 0 Å². The minimum absolute atomic E-state index is 0.222. The summed E-state index contributed by atoms with van der Waals surface area (Å²) in [5, 5.41) is 3.54. The van der Waals surface area contributed by atoms with E-state index in [-0.39, 0.29) is 5.82 Å². The predicted octanol–water partition coefficient (Wildman–Crippen LogP) is 3.74. The molecule has 2 saturated heterocycles. The smallest absolute Gasteiger partial charge is 0.201 e. The SMILES string of the molecule is Nc1nc2c(C3CCN(C4CCCNC4)CC3)cccc2n1Cc1ccc(F)cc1. The van der Waals surface area contributed by atoms with Crippen molar-refractivity contribution in [3.05, 3.63) is 59.4 Å². The number of aromatic nitrogens is 2. The zero-order valence-corrected chi connectivity index (χ0v) is 17.4. The minimum Gasteiger partial charge on any atom is -0.369 e. The Morgan fingerprint density at radius 1 is 1.07 bits per heavy atom. The molecule has 6 heteroatoms. The van der Waals surface area contributed by atoms with E-state index in [0.717, 1.165) is 42.8 Å². The van der Waals surface area contributed by atoms with Gasteiger partial charge in [0, 0.05) is 12.6 Å². The van der Waals surface area contributed by atoms with E-state index in [1.54, 1.807) is 12.1 Å². The van der Waals surface area contributed by atoms with E-state index in [1.807, 2.05) is 4.57 Å². The van der Waals surface area contributed by atoms with Gasteiger partial charge in [0.05, 0.1) is 17.6 Å². The van der Waals surface area contributed by atoms with Crippen LogP contribution in [0.5, 0.6) is 0 Å². The maximum atomic E-state index is 13.3. The largest absolute Gasteiger partial charge is 0.369 e. The van der Waals surface area contributed by atoms with E-state index in [2.05, 4.69) is 28.4 Å². The molecule has 1 unspecified atom stereocenters. The summed E-state index contributed by atoms with van der Waals surface area (Å²) in [7, 11) is 0. The second-order valence-electron chi connectivity index (χ2n) is 8.71. The van der Waals surface area contributed by atoms with Gasteiger partial charge in [0.25, 0.3) is 0 Å². The molecule has 2 aliphatic rings. The fourth-order valence-electron chi connectivity index (χ4n) is 5.18. The highest BCUT2D eigenvalue weighted by atomic mass is 19.1. The molecule has 0 radical (unpaired) electrons. The van der Waals surface area contributed by atoms with Crippen LogP contribution in [0.2, 0.25) is 0 Å². The minimum atomic E-state index is -0.222. The molecule has 1 aromatic heterocycles. The average molecular weight is 408 g/mol. The van der Waals surface area contributed by atoms with Crippen molar-refractivity contribution in [2.24, 2.45) is 0 Å². The van der Waals surface area contributed by atoms with Crippen molar-refractivity contribution in [3.8, 4) is 0 Å². The Kier molecular flexibility index (Phi) is 5.44. The van der Waals surface area contributed by atoms with E-state index in [1.165, 1.54) is 43.4 Å². The maximum absolute atomic E-state index is 13.3. The average Bonchev–Trinajstić information content (AvgIpc) is 3.11. The molecule has 5 rings (SSSR count). The lowest BCUT2D eigenvalue weighted by Gasteiger charge is -2.39. The molecule has 3 N–H and O–H groups in total. The van der Waals surface area contributed by atoms with Gasteiger partial charge in [-0.15, -0.1) is 0 Å². The van der Waals surface area contributed by atoms with Gasteiger partial charge in [-0.25, -0.2) is 9.37 Å². The van der Waals surface area contributed by atoms with Crippen LogP contribution in [0.1, 0.15) is 42.7 Å². The number of nitrogens with zero attached hydrogens (tertiary/aromatic N) is 3. The fourth-order valence-corrected chi connectivity index (χ4v) is 5.18. The predicted molar refractivity (Wildman–Crippen MR) is 119 cm³/mol. The number of para-hydroxylation sites is 1. The van der Waals surface area contributed by atoms with Gasteiger partial charge in [0.2, 0.25) is 5.95 Å². The van der Waals surface area contributed by atoms with E-state index in [0.29, 0.717) is 24.5 Å². The number of piperidine rings is 2. The van der Waals surface area contributed by atoms with Crippen LogP contribution in [-0.4, -0.2) is 46.7 Å². The van der Waals surface area contributed by atoms with Crippen molar-refractivity contribution in [1.82, 2.24) is 19.8 Å². The molecule has 2 aromatic carbocycles. The number of imidazole rings is 1. The number of benzene rings is 2. The van der Waals surface area contributed by atoms with Gasteiger partial charge in [0.1, 0.15) is 5.82 Å². The van der Waals surface area contributed by atoms with Crippen LogP contribution < -0.4 is 11.1 Å². The van der Waals surface area contributed by atoms with E-state index >= 15 is 0 Å². The highest BCUT2D eigenvalue weighted by Crippen LogP contribution is 2.34. The number of nitrogens with one attached hydrogen (secondary N) is 1. The second kappa shape index (κ2) is 8.36. The van der Waals surface area contributed by atoms with Gasteiger partial charge in [-0.3, -0.25) is 4.90 Å². The number of likely N-dealkylation sites (tertiary alicyclic amines) is 1. The van der Waals surface area contributed by atoms with Crippen molar-refractivity contribution in [1.29, 1.82) is 0 Å². The molecule has 2 fully saturated rings. The summed E-state index contributed by atoms with van der Waals surface area (Å²) in [4.78, 5) is 7.42. The Balaban J connectivity index is 1.36. The number of nitrogens with two attached hydrogens (primary N) is 1. The molecule has 3 heterocycles. The summed E-state index contributed by atoms with van der Waals surface area (Å²) >= 11 is 0. The standard InChI is InChI=1S/C24H30FN5/c25-19-8-6-17(7-9-19)16-30-22-5-1-4-21(23(22)28-24(30)26)18-10-13-29(14-11-18)20-3-2-12-27-15-20/h1,4-9,18,20,27H,2-3,10-16H2,(H2,26,28). The Bertz CT molecular complexity index is 998. The summed E-state index contributed by atoms with van der Waals surface area (Å²) < 4.78 is 15.3. The van der Waals surface area contributed by atoms with Crippen LogP contribution in [-0.2, 0) is 6.54 Å². The molecule has 0 spiro atoms. The molecule has 3 aromatic rings. The van der Waals surface area contributed by atoms with E-state index in [9.17, 15) is 4.39 Å². The van der Waals surface area contributed by atoms with Crippen LogP contribution in [0.25, 0.3) is 11.0 Å². The number of halogens is 1. The molecule has 0 amide bonds. The second-order valence-corrected chi connectivity index (χ2v) is 8.71. The molecule has 30 heavy (non-hydrogen) atoms. The molecule has 158 valence electrons. The Morgan fingerprint density at radius 2 is 1.87 bits per heavy atom. The van der Waals surface area contributed by atoms with Crippen molar-refractivity contribution in [2.75, 3.05) is 31.9 Å². The van der Waals surface area contributed by atoms with Gasteiger partial charge in [0.15, 0.2) is 0 Å². The van der Waals surface area contributed by atoms with Crippen LogP contribution in [0.15, 0.2) is 42.5 Å². The van der Waals surface area contributed by atoms with Crippen LogP contribution in [0.4, 0.5) is 10.3 Å². The number of rotatable bonds is 4. The van der Waals surface area contributed by atoms with Gasteiger partial charge in [-0.05, 0) is 80.6 Å². The first-order chi connectivity index (χ1) is 14.7. The highest BCUT2D eigenvalue weighted by Gasteiger charge is 2.28. The summed E-state index contributed by atoms with van der Waals surface area (Å²) in [5.74, 6) is 0.822.